The van der Waals surface area contributed by atoms with Gasteiger partial charge in [0.1, 0.15) is 5.60 Å². The zero-order chi connectivity index (χ0) is 16.9. The standard InChI is InChI=1S/C18H27BrN2O2/c1-17(2,3)23-16(22)20-13-18(10-4-5-11-18)21-12-14-6-8-15(19)9-7-14/h6-9,21H,4-5,10-13H2,1-3H3,(H,20,22). The molecule has 0 aliphatic heterocycles. The van der Waals surface area contributed by atoms with Crippen LogP contribution in [-0.2, 0) is 11.3 Å². The van der Waals surface area contributed by atoms with Crippen molar-refractivity contribution in [2.45, 2.75) is 64.1 Å². The van der Waals surface area contributed by atoms with Crippen molar-refractivity contribution in [1.82, 2.24) is 10.6 Å². The second-order valence-electron chi connectivity index (χ2n) is 7.32. The minimum Gasteiger partial charge on any atom is -0.444 e. The topological polar surface area (TPSA) is 50.4 Å². The minimum atomic E-state index is -0.461. The van der Waals surface area contributed by atoms with E-state index in [9.17, 15) is 4.79 Å². The van der Waals surface area contributed by atoms with E-state index in [0.29, 0.717) is 6.54 Å². The predicted octanol–water partition coefficient (Wildman–Crippen LogP) is 4.38. The van der Waals surface area contributed by atoms with Crippen LogP contribution < -0.4 is 10.6 Å². The molecule has 0 spiro atoms. The van der Waals surface area contributed by atoms with Crippen molar-refractivity contribution in [3.63, 3.8) is 0 Å². The van der Waals surface area contributed by atoms with Gasteiger partial charge in [0, 0.05) is 23.1 Å². The van der Waals surface area contributed by atoms with Crippen molar-refractivity contribution in [1.29, 1.82) is 0 Å². The van der Waals surface area contributed by atoms with Crippen LogP contribution in [0, 0.1) is 0 Å². The number of alkyl carbamates (subject to hydrolysis) is 1. The lowest BCUT2D eigenvalue weighted by atomic mass is 9.97. The molecule has 1 aliphatic carbocycles. The predicted molar refractivity (Wildman–Crippen MR) is 96.4 cm³/mol. The molecule has 0 aromatic heterocycles. The monoisotopic (exact) mass is 382 g/mol. The molecule has 0 unspecified atom stereocenters. The summed E-state index contributed by atoms with van der Waals surface area (Å²) in [4.78, 5) is 11.9. The molecule has 0 heterocycles. The first kappa shape index (κ1) is 18.3. The number of ether oxygens (including phenoxy) is 1. The fourth-order valence-corrected chi connectivity index (χ4v) is 3.18. The summed E-state index contributed by atoms with van der Waals surface area (Å²) >= 11 is 3.46. The molecule has 1 aromatic rings. The summed E-state index contributed by atoms with van der Waals surface area (Å²) < 4.78 is 6.42. The van der Waals surface area contributed by atoms with Crippen LogP contribution in [-0.4, -0.2) is 23.8 Å². The van der Waals surface area contributed by atoms with Gasteiger partial charge in [-0.25, -0.2) is 4.79 Å². The summed E-state index contributed by atoms with van der Waals surface area (Å²) in [6.45, 7) is 7.05. The van der Waals surface area contributed by atoms with Crippen molar-refractivity contribution < 1.29 is 9.53 Å². The Kier molecular flexibility index (Phi) is 6.09. The van der Waals surface area contributed by atoms with Crippen molar-refractivity contribution >= 4 is 22.0 Å². The number of benzene rings is 1. The van der Waals surface area contributed by atoms with Crippen LogP contribution in [0.25, 0.3) is 0 Å². The molecule has 0 atom stereocenters. The Morgan fingerprint density at radius 2 is 1.83 bits per heavy atom. The van der Waals surface area contributed by atoms with E-state index in [1.807, 2.05) is 20.8 Å². The van der Waals surface area contributed by atoms with Crippen molar-refractivity contribution in [3.05, 3.63) is 34.3 Å². The second kappa shape index (κ2) is 7.67. The number of hydrogen-bond acceptors (Lipinski definition) is 3. The molecule has 128 valence electrons. The van der Waals surface area contributed by atoms with Crippen molar-refractivity contribution in [2.75, 3.05) is 6.54 Å². The summed E-state index contributed by atoms with van der Waals surface area (Å²) in [5.41, 5.74) is 0.763. The van der Waals surface area contributed by atoms with Crippen LogP contribution in [0.3, 0.4) is 0 Å². The molecule has 0 saturated heterocycles. The van der Waals surface area contributed by atoms with Gasteiger partial charge in [-0.3, -0.25) is 0 Å². The van der Waals surface area contributed by atoms with Crippen LogP contribution in [0.15, 0.2) is 28.7 Å². The lowest BCUT2D eigenvalue weighted by Crippen LogP contribution is -2.52. The van der Waals surface area contributed by atoms with E-state index in [4.69, 9.17) is 4.74 Å². The van der Waals surface area contributed by atoms with E-state index in [0.717, 1.165) is 23.9 Å². The maximum absolute atomic E-state index is 11.9. The normalized spacial score (nSPS) is 17.0. The summed E-state index contributed by atoms with van der Waals surface area (Å²) in [7, 11) is 0. The van der Waals surface area contributed by atoms with Gasteiger partial charge >= 0.3 is 6.09 Å². The Labute approximate surface area is 147 Å². The zero-order valence-electron chi connectivity index (χ0n) is 14.2. The number of rotatable bonds is 5. The molecule has 1 amide bonds. The fourth-order valence-electron chi connectivity index (χ4n) is 2.92. The maximum atomic E-state index is 11.9. The molecule has 23 heavy (non-hydrogen) atoms. The molecular formula is C18H27BrN2O2. The number of amides is 1. The molecule has 2 rings (SSSR count). The van der Waals surface area contributed by atoms with Gasteiger partial charge in [0.25, 0.3) is 0 Å². The van der Waals surface area contributed by atoms with Gasteiger partial charge in [0.2, 0.25) is 0 Å². The lowest BCUT2D eigenvalue weighted by Gasteiger charge is -2.31. The summed E-state index contributed by atoms with van der Waals surface area (Å²) in [5, 5.41) is 6.60. The van der Waals surface area contributed by atoms with Crippen LogP contribution >= 0.6 is 15.9 Å². The van der Waals surface area contributed by atoms with Gasteiger partial charge in [0.15, 0.2) is 0 Å². The van der Waals surface area contributed by atoms with Gasteiger partial charge in [-0.05, 0) is 51.3 Å². The molecular weight excluding hydrogens is 356 g/mol. The van der Waals surface area contributed by atoms with Gasteiger partial charge in [-0.15, -0.1) is 0 Å². The Morgan fingerprint density at radius 3 is 2.39 bits per heavy atom. The average molecular weight is 383 g/mol. The van der Waals surface area contributed by atoms with E-state index < -0.39 is 5.60 Å². The summed E-state index contributed by atoms with van der Waals surface area (Å²) in [6.07, 6.45) is 4.22. The lowest BCUT2D eigenvalue weighted by molar-refractivity contribution is 0.0509. The molecule has 2 N–H and O–H groups in total. The van der Waals surface area contributed by atoms with Crippen LogP contribution in [0.4, 0.5) is 4.79 Å². The molecule has 1 fully saturated rings. The number of carbonyl (C=O) groups is 1. The van der Waals surface area contributed by atoms with E-state index in [2.05, 4.69) is 50.8 Å². The first-order valence-corrected chi connectivity index (χ1v) is 9.04. The molecule has 4 nitrogen and oxygen atoms in total. The van der Waals surface area contributed by atoms with Crippen LogP contribution in [0.1, 0.15) is 52.0 Å². The van der Waals surface area contributed by atoms with Gasteiger partial charge < -0.3 is 15.4 Å². The molecule has 0 radical (unpaired) electrons. The first-order valence-electron chi connectivity index (χ1n) is 8.24. The fraction of sp³-hybridized carbons (Fsp3) is 0.611. The highest BCUT2D eigenvalue weighted by atomic mass is 79.9. The van der Waals surface area contributed by atoms with E-state index >= 15 is 0 Å². The molecule has 1 aliphatic rings. The Balaban J connectivity index is 1.88. The number of halogens is 1. The largest absolute Gasteiger partial charge is 0.444 e. The van der Waals surface area contributed by atoms with Gasteiger partial charge in [0.05, 0.1) is 0 Å². The number of nitrogens with one attached hydrogen (secondary N) is 2. The zero-order valence-corrected chi connectivity index (χ0v) is 15.8. The Morgan fingerprint density at radius 1 is 1.22 bits per heavy atom. The molecule has 1 saturated carbocycles. The van der Waals surface area contributed by atoms with E-state index in [-0.39, 0.29) is 11.6 Å². The van der Waals surface area contributed by atoms with Crippen LogP contribution in [0.5, 0.6) is 0 Å². The highest BCUT2D eigenvalue weighted by Crippen LogP contribution is 2.29. The molecule has 1 aromatic carbocycles. The molecule has 5 heteroatoms. The summed E-state index contributed by atoms with van der Waals surface area (Å²) in [6, 6.07) is 8.33. The van der Waals surface area contributed by atoms with E-state index in [1.54, 1.807) is 0 Å². The van der Waals surface area contributed by atoms with Gasteiger partial charge in [-0.1, -0.05) is 40.9 Å². The minimum absolute atomic E-state index is 0.0238. The third-order valence-corrected chi connectivity index (χ3v) is 4.64. The summed E-state index contributed by atoms with van der Waals surface area (Å²) in [5.74, 6) is 0. The van der Waals surface area contributed by atoms with Crippen molar-refractivity contribution in [2.24, 2.45) is 0 Å². The first-order chi connectivity index (χ1) is 10.8. The molecule has 0 bridgehead atoms. The van der Waals surface area contributed by atoms with Crippen LogP contribution in [0.2, 0.25) is 0 Å². The SMILES string of the molecule is CC(C)(C)OC(=O)NCC1(NCc2ccc(Br)cc2)CCCC1. The second-order valence-corrected chi connectivity index (χ2v) is 8.24. The number of carbonyl (C=O) groups excluding carboxylic acids is 1. The quantitative estimate of drug-likeness (QED) is 0.794. The smallest absolute Gasteiger partial charge is 0.407 e. The highest BCUT2D eigenvalue weighted by molar-refractivity contribution is 9.10. The van der Waals surface area contributed by atoms with Crippen molar-refractivity contribution in [3.8, 4) is 0 Å². The average Bonchev–Trinajstić information content (AvgIpc) is 2.92. The van der Waals surface area contributed by atoms with E-state index in [1.165, 1.54) is 18.4 Å². The maximum Gasteiger partial charge on any atom is 0.407 e. The third kappa shape index (κ3) is 6.15. The third-order valence-electron chi connectivity index (χ3n) is 4.11. The number of hydrogen-bond donors (Lipinski definition) is 2. The highest BCUT2D eigenvalue weighted by Gasteiger charge is 2.34. The Bertz CT molecular complexity index is 517. The Hall–Kier alpha value is -1.07. The van der Waals surface area contributed by atoms with Gasteiger partial charge in [-0.2, -0.15) is 0 Å².